The summed E-state index contributed by atoms with van der Waals surface area (Å²) in [6, 6.07) is 22.1. The fourth-order valence-electron chi connectivity index (χ4n) is 7.96. The maximum atomic E-state index is 13.4. The fourth-order valence-corrected chi connectivity index (χ4v) is 7.96. The van der Waals surface area contributed by atoms with Gasteiger partial charge in [0.25, 0.3) is 0 Å². The van der Waals surface area contributed by atoms with Crippen LogP contribution in [0, 0.1) is 40.9 Å². The lowest BCUT2D eigenvalue weighted by atomic mass is 9.77. The molecule has 8 rings (SSSR count). The van der Waals surface area contributed by atoms with Crippen molar-refractivity contribution in [3.05, 3.63) is 119 Å². The predicted molar refractivity (Wildman–Crippen MR) is 198 cm³/mol. The summed E-state index contributed by atoms with van der Waals surface area (Å²) in [6.07, 6.45) is 14.0. The van der Waals surface area contributed by atoms with Crippen molar-refractivity contribution in [1.29, 1.82) is 0 Å². The van der Waals surface area contributed by atoms with Gasteiger partial charge < -0.3 is 18.9 Å². The fraction of sp³-hybridized carbons (Fsp3) is 0.467. The van der Waals surface area contributed by atoms with Crippen LogP contribution < -0.4 is 0 Å². The molecule has 2 atom stereocenters. The van der Waals surface area contributed by atoms with Crippen LogP contribution in [0.5, 0.6) is 0 Å². The van der Waals surface area contributed by atoms with Crippen molar-refractivity contribution >= 4 is 0 Å². The van der Waals surface area contributed by atoms with E-state index < -0.39 is 29.1 Å². The van der Waals surface area contributed by atoms with Gasteiger partial charge in [0.1, 0.15) is 12.9 Å². The number of halogens is 5. The molecule has 0 N–H and O–H groups in total. The molecule has 2 saturated carbocycles. The smallest absolute Gasteiger partial charge is 0.194 e. The quantitative estimate of drug-likeness (QED) is 0.0449. The summed E-state index contributed by atoms with van der Waals surface area (Å²) in [4.78, 5) is 0. The zero-order chi connectivity index (χ0) is 37.4. The maximum Gasteiger partial charge on any atom is 0.194 e. The molecule has 9 heteroatoms. The average Bonchev–Trinajstić information content (AvgIpc) is 4.15. The van der Waals surface area contributed by atoms with Gasteiger partial charge in [0, 0.05) is 0 Å². The molecule has 0 spiro atoms. The van der Waals surface area contributed by atoms with Crippen LogP contribution in [0.15, 0.2) is 78.9 Å². The first-order valence-electron chi connectivity index (χ1n) is 19.5. The van der Waals surface area contributed by atoms with E-state index in [1.54, 1.807) is 6.07 Å². The molecule has 2 heterocycles. The molecule has 4 aromatic rings. The molecule has 4 nitrogen and oxygen atoms in total. The van der Waals surface area contributed by atoms with Gasteiger partial charge in [0.2, 0.25) is 0 Å². The van der Waals surface area contributed by atoms with E-state index in [9.17, 15) is 22.0 Å². The van der Waals surface area contributed by atoms with Gasteiger partial charge >= 0.3 is 0 Å². The minimum Gasteiger partial charge on any atom is -0.373 e. The minimum absolute atomic E-state index is 0.292. The molecule has 4 aromatic carbocycles. The van der Waals surface area contributed by atoms with E-state index in [2.05, 4.69) is 12.1 Å². The molecule has 0 amide bonds. The van der Waals surface area contributed by atoms with Crippen molar-refractivity contribution in [2.75, 3.05) is 26.6 Å². The molecule has 0 aromatic heterocycles. The van der Waals surface area contributed by atoms with Crippen molar-refractivity contribution in [3.63, 3.8) is 0 Å². The van der Waals surface area contributed by atoms with Gasteiger partial charge in [-0.25, -0.2) is 22.0 Å². The minimum atomic E-state index is -1.42. The van der Waals surface area contributed by atoms with Gasteiger partial charge in [-0.05, 0) is 146 Å². The van der Waals surface area contributed by atoms with Crippen molar-refractivity contribution in [3.8, 4) is 22.3 Å². The number of rotatable bonds is 13. The van der Waals surface area contributed by atoms with Crippen LogP contribution in [0.4, 0.5) is 22.0 Å². The first-order valence-corrected chi connectivity index (χ1v) is 19.5. The Balaban J connectivity index is 0.000000168. The second kappa shape index (κ2) is 18.3. The standard InChI is InChI=1S/C24H28F2O3.C21H21F3O/c25-23-12-9-20(13-24(23)26)19-7-3-17(4-8-19)1-2-18-5-10-21(11-6-18)29-16-27-14-22-15-28-22;22-19-10-17(11-20(23)21(19)24)16-7-5-15(6-8-16)14-3-1-13(2-4-14)9-18-12-25-18/h3-4,7-9,12-13,18,21-22H,1-2,5-6,10-11,14-16H2;5-8,10-11,13-14,18H,1-4,9,12H2. The summed E-state index contributed by atoms with van der Waals surface area (Å²) in [5.74, 6) is -3.29. The lowest BCUT2D eigenvalue weighted by molar-refractivity contribution is -0.104. The number of hydrogen-bond acceptors (Lipinski definition) is 4. The Labute approximate surface area is 315 Å². The summed E-state index contributed by atoms with van der Waals surface area (Å²) >= 11 is 0. The average molecular weight is 749 g/mol. The molecule has 2 aliphatic heterocycles. The second-order valence-corrected chi connectivity index (χ2v) is 15.4. The molecule has 54 heavy (non-hydrogen) atoms. The van der Waals surface area contributed by atoms with Gasteiger partial charge in [-0.1, -0.05) is 54.6 Å². The number of benzene rings is 4. The molecule has 2 unspecified atom stereocenters. The first-order chi connectivity index (χ1) is 26.3. The predicted octanol–water partition coefficient (Wildman–Crippen LogP) is 11.3. The van der Waals surface area contributed by atoms with E-state index >= 15 is 0 Å². The van der Waals surface area contributed by atoms with Crippen LogP contribution in [0.25, 0.3) is 22.3 Å². The summed E-state index contributed by atoms with van der Waals surface area (Å²) in [7, 11) is 0. The largest absolute Gasteiger partial charge is 0.373 e. The highest BCUT2D eigenvalue weighted by molar-refractivity contribution is 5.64. The van der Waals surface area contributed by atoms with Gasteiger partial charge in [0.15, 0.2) is 29.1 Å². The van der Waals surface area contributed by atoms with Crippen LogP contribution >= 0.6 is 0 Å². The van der Waals surface area contributed by atoms with Crippen LogP contribution in [0.1, 0.15) is 81.3 Å². The van der Waals surface area contributed by atoms with Crippen molar-refractivity contribution in [2.24, 2.45) is 11.8 Å². The molecular formula is C45H49F5O4. The zero-order valence-corrected chi connectivity index (χ0v) is 30.6. The van der Waals surface area contributed by atoms with Crippen LogP contribution in [0.3, 0.4) is 0 Å². The second-order valence-electron chi connectivity index (χ2n) is 15.4. The third-order valence-electron chi connectivity index (χ3n) is 11.5. The Hall–Kier alpha value is -3.63. The Morgan fingerprint density at radius 2 is 1.13 bits per heavy atom. The van der Waals surface area contributed by atoms with Crippen molar-refractivity contribution < 1.29 is 40.9 Å². The summed E-state index contributed by atoms with van der Waals surface area (Å²) < 4.78 is 88.1. The van der Waals surface area contributed by atoms with Gasteiger partial charge in [-0.3, -0.25) is 0 Å². The monoisotopic (exact) mass is 748 g/mol. The van der Waals surface area contributed by atoms with Crippen molar-refractivity contribution in [1.82, 2.24) is 0 Å². The maximum absolute atomic E-state index is 13.4. The molecule has 2 aliphatic carbocycles. The highest BCUT2D eigenvalue weighted by Gasteiger charge is 2.30. The topological polar surface area (TPSA) is 43.5 Å². The number of aryl methyl sites for hydroxylation is 1. The number of epoxide rings is 2. The van der Waals surface area contributed by atoms with E-state index in [0.29, 0.717) is 54.3 Å². The van der Waals surface area contributed by atoms with Crippen LogP contribution in [0.2, 0.25) is 0 Å². The van der Waals surface area contributed by atoms with Gasteiger partial charge in [0.05, 0.1) is 32.0 Å². The van der Waals surface area contributed by atoms with Gasteiger partial charge in [-0.15, -0.1) is 0 Å². The Kier molecular flexibility index (Phi) is 13.1. The Morgan fingerprint density at radius 3 is 1.76 bits per heavy atom. The normalized spacial score (nSPS) is 24.8. The highest BCUT2D eigenvalue weighted by Crippen LogP contribution is 2.39. The summed E-state index contributed by atoms with van der Waals surface area (Å²) in [5, 5.41) is 0. The zero-order valence-electron chi connectivity index (χ0n) is 30.6. The lowest BCUT2D eigenvalue weighted by Crippen LogP contribution is -2.23. The molecule has 288 valence electrons. The number of ether oxygens (including phenoxy) is 4. The summed E-state index contributed by atoms with van der Waals surface area (Å²) in [5.41, 5.74) is 5.21. The molecule has 0 radical (unpaired) electrons. The van der Waals surface area contributed by atoms with Crippen LogP contribution in [-0.2, 0) is 25.4 Å². The molecule has 4 fully saturated rings. The van der Waals surface area contributed by atoms with E-state index in [0.717, 1.165) is 62.0 Å². The number of hydrogen-bond donors (Lipinski definition) is 0. The summed E-state index contributed by atoms with van der Waals surface area (Å²) in [6.45, 7) is 2.77. The Morgan fingerprint density at radius 1 is 0.556 bits per heavy atom. The van der Waals surface area contributed by atoms with Crippen molar-refractivity contribution in [2.45, 2.75) is 94.9 Å². The lowest BCUT2D eigenvalue weighted by Gasteiger charge is -2.28. The molecule has 0 bridgehead atoms. The third-order valence-corrected chi connectivity index (χ3v) is 11.5. The van der Waals surface area contributed by atoms with Crippen LogP contribution in [-0.4, -0.2) is 44.9 Å². The van der Waals surface area contributed by atoms with E-state index in [4.69, 9.17) is 18.9 Å². The first kappa shape index (κ1) is 38.6. The molecule has 4 aliphatic rings. The highest BCUT2D eigenvalue weighted by atomic mass is 19.2. The Bertz CT molecular complexity index is 1770. The molecule has 2 saturated heterocycles. The van der Waals surface area contributed by atoms with E-state index in [1.165, 1.54) is 74.6 Å². The molecular weight excluding hydrogens is 699 g/mol. The van der Waals surface area contributed by atoms with E-state index in [-0.39, 0.29) is 0 Å². The van der Waals surface area contributed by atoms with Gasteiger partial charge in [-0.2, -0.15) is 0 Å². The van der Waals surface area contributed by atoms with E-state index in [1.807, 2.05) is 36.4 Å². The SMILES string of the molecule is Fc1cc(-c2ccc(C3CCC(CC4CO4)CC3)cc2)cc(F)c1F.Fc1ccc(-c2ccc(CCC3CCC(OCOCC4CO4)CC3)cc2)cc1F. The third kappa shape index (κ3) is 11.0.